The lowest BCUT2D eigenvalue weighted by Crippen LogP contribution is -2.50. The maximum Gasteiger partial charge on any atom is 0.231 e. The van der Waals surface area contributed by atoms with Gasteiger partial charge in [0.2, 0.25) is 6.79 Å². The van der Waals surface area contributed by atoms with Gasteiger partial charge in [0, 0.05) is 0 Å². The van der Waals surface area contributed by atoms with Crippen molar-refractivity contribution in [2.45, 2.75) is 6.04 Å². The van der Waals surface area contributed by atoms with Gasteiger partial charge >= 0.3 is 0 Å². The third kappa shape index (κ3) is 1.54. The Balaban J connectivity index is 1.95. The van der Waals surface area contributed by atoms with E-state index in [2.05, 4.69) is 11.4 Å². The van der Waals surface area contributed by atoms with Crippen LogP contribution in [0.25, 0.3) is 0 Å². The molecule has 0 spiro atoms. The van der Waals surface area contributed by atoms with Crippen molar-refractivity contribution in [3.8, 4) is 17.6 Å². The lowest BCUT2D eigenvalue weighted by atomic mass is 9.76. The standard InChI is InChI=1S/C13H14N2O3/c1-15-12(13(5-14)6-16-7-13)9-2-3-10-11(4-9)18-8-17-10/h2-4,12,15H,6-8H2,1H3. The summed E-state index contributed by atoms with van der Waals surface area (Å²) < 4.78 is 15.9. The maximum absolute atomic E-state index is 9.37. The number of nitrogens with zero attached hydrogens (tertiary/aromatic N) is 1. The Morgan fingerprint density at radius 2 is 2.11 bits per heavy atom. The molecule has 5 heteroatoms. The molecule has 1 aromatic rings. The van der Waals surface area contributed by atoms with Crippen molar-refractivity contribution in [3.05, 3.63) is 23.8 Å². The zero-order valence-corrected chi connectivity index (χ0v) is 10.1. The molecular weight excluding hydrogens is 232 g/mol. The first-order valence-electron chi connectivity index (χ1n) is 5.85. The van der Waals surface area contributed by atoms with E-state index in [4.69, 9.17) is 14.2 Å². The molecule has 18 heavy (non-hydrogen) atoms. The third-order valence-electron chi connectivity index (χ3n) is 3.51. The molecule has 1 aromatic carbocycles. The molecule has 0 amide bonds. The summed E-state index contributed by atoms with van der Waals surface area (Å²) in [4.78, 5) is 0. The minimum Gasteiger partial charge on any atom is -0.454 e. The molecule has 0 aromatic heterocycles. The summed E-state index contributed by atoms with van der Waals surface area (Å²) in [6, 6.07) is 8.09. The number of nitriles is 1. The summed E-state index contributed by atoms with van der Waals surface area (Å²) in [7, 11) is 1.85. The first-order valence-corrected chi connectivity index (χ1v) is 5.85. The van der Waals surface area contributed by atoms with Gasteiger partial charge in [-0.05, 0) is 24.7 Å². The Labute approximate surface area is 105 Å². The molecule has 0 bridgehead atoms. The Morgan fingerprint density at radius 3 is 2.72 bits per heavy atom. The number of benzene rings is 1. The van der Waals surface area contributed by atoms with Gasteiger partial charge in [-0.2, -0.15) is 5.26 Å². The molecule has 2 aliphatic rings. The first-order chi connectivity index (χ1) is 8.79. The number of nitrogens with one attached hydrogen (secondary N) is 1. The predicted molar refractivity (Wildman–Crippen MR) is 63.2 cm³/mol. The molecular formula is C13H14N2O3. The van der Waals surface area contributed by atoms with Gasteiger partial charge in [-0.25, -0.2) is 0 Å². The van der Waals surface area contributed by atoms with Crippen molar-refractivity contribution in [2.75, 3.05) is 27.1 Å². The second-order valence-electron chi connectivity index (χ2n) is 4.60. The summed E-state index contributed by atoms with van der Waals surface area (Å²) in [5.41, 5.74) is 0.536. The zero-order valence-electron chi connectivity index (χ0n) is 10.1. The van der Waals surface area contributed by atoms with Crippen molar-refractivity contribution in [1.82, 2.24) is 5.32 Å². The van der Waals surface area contributed by atoms with Gasteiger partial charge < -0.3 is 19.5 Å². The predicted octanol–water partition coefficient (Wildman–Crippen LogP) is 1.22. The number of rotatable bonds is 3. The van der Waals surface area contributed by atoms with E-state index in [1.807, 2.05) is 25.2 Å². The van der Waals surface area contributed by atoms with E-state index < -0.39 is 5.41 Å². The normalized spacial score (nSPS) is 20.9. The van der Waals surface area contributed by atoms with Crippen LogP contribution in [0.15, 0.2) is 18.2 Å². The van der Waals surface area contributed by atoms with Crippen molar-refractivity contribution >= 4 is 0 Å². The fourth-order valence-corrected chi connectivity index (χ4v) is 2.47. The van der Waals surface area contributed by atoms with E-state index in [1.165, 1.54) is 0 Å². The topological polar surface area (TPSA) is 63.5 Å². The van der Waals surface area contributed by atoms with Gasteiger partial charge in [-0.1, -0.05) is 6.07 Å². The molecule has 5 nitrogen and oxygen atoms in total. The molecule has 1 fully saturated rings. The molecule has 1 unspecified atom stereocenters. The smallest absolute Gasteiger partial charge is 0.231 e. The summed E-state index contributed by atoms with van der Waals surface area (Å²) >= 11 is 0. The van der Waals surface area contributed by atoms with E-state index in [0.717, 1.165) is 17.1 Å². The molecule has 2 aliphatic heterocycles. The minimum absolute atomic E-state index is 0.0641. The number of hydrogen-bond acceptors (Lipinski definition) is 5. The number of fused-ring (bicyclic) bond motifs is 1. The highest BCUT2D eigenvalue weighted by Gasteiger charge is 2.46. The van der Waals surface area contributed by atoms with Gasteiger partial charge in [-0.15, -0.1) is 0 Å². The average Bonchev–Trinajstić information content (AvgIpc) is 2.80. The summed E-state index contributed by atoms with van der Waals surface area (Å²) in [5.74, 6) is 1.49. The van der Waals surface area contributed by atoms with Crippen LogP contribution >= 0.6 is 0 Å². The van der Waals surface area contributed by atoms with E-state index >= 15 is 0 Å². The monoisotopic (exact) mass is 246 g/mol. The van der Waals surface area contributed by atoms with Crippen LogP contribution in [0.3, 0.4) is 0 Å². The Bertz CT molecular complexity index is 505. The lowest BCUT2D eigenvalue weighted by molar-refractivity contribution is -0.0963. The van der Waals surface area contributed by atoms with Crippen LogP contribution in [0.5, 0.6) is 11.5 Å². The van der Waals surface area contributed by atoms with Crippen LogP contribution in [0.4, 0.5) is 0 Å². The zero-order chi connectivity index (χ0) is 12.6. The first kappa shape index (κ1) is 11.3. The van der Waals surface area contributed by atoms with Gasteiger partial charge in [0.25, 0.3) is 0 Å². The van der Waals surface area contributed by atoms with E-state index in [9.17, 15) is 5.26 Å². The molecule has 1 N–H and O–H groups in total. The highest BCUT2D eigenvalue weighted by molar-refractivity contribution is 5.46. The van der Waals surface area contributed by atoms with Crippen LogP contribution in [0.1, 0.15) is 11.6 Å². The molecule has 94 valence electrons. The van der Waals surface area contributed by atoms with Crippen molar-refractivity contribution in [1.29, 1.82) is 5.26 Å². The number of ether oxygens (including phenoxy) is 3. The SMILES string of the molecule is CNC(c1ccc2c(c1)OCO2)C1(C#N)COC1. The highest BCUT2D eigenvalue weighted by atomic mass is 16.7. The van der Waals surface area contributed by atoms with Crippen LogP contribution in [-0.4, -0.2) is 27.1 Å². The van der Waals surface area contributed by atoms with Crippen molar-refractivity contribution in [2.24, 2.45) is 5.41 Å². The molecule has 1 atom stereocenters. The Hall–Kier alpha value is -1.77. The van der Waals surface area contributed by atoms with Gasteiger partial charge in [0.15, 0.2) is 11.5 Å². The summed E-state index contributed by atoms with van der Waals surface area (Å²) in [6.45, 7) is 1.18. The maximum atomic E-state index is 9.37. The quantitative estimate of drug-likeness (QED) is 0.868. The molecule has 0 aliphatic carbocycles. The Kier molecular flexibility index (Phi) is 2.62. The van der Waals surface area contributed by atoms with Gasteiger partial charge in [0.05, 0.1) is 25.3 Å². The molecule has 3 rings (SSSR count). The van der Waals surface area contributed by atoms with Crippen molar-refractivity contribution in [3.63, 3.8) is 0 Å². The molecule has 2 heterocycles. The van der Waals surface area contributed by atoms with Crippen LogP contribution in [0.2, 0.25) is 0 Å². The van der Waals surface area contributed by atoms with Gasteiger partial charge in [-0.3, -0.25) is 0 Å². The minimum atomic E-state index is -0.484. The third-order valence-corrected chi connectivity index (χ3v) is 3.51. The molecule has 0 radical (unpaired) electrons. The van der Waals surface area contributed by atoms with E-state index in [-0.39, 0.29) is 12.8 Å². The van der Waals surface area contributed by atoms with Crippen molar-refractivity contribution < 1.29 is 14.2 Å². The largest absolute Gasteiger partial charge is 0.454 e. The lowest BCUT2D eigenvalue weighted by Gasteiger charge is -2.41. The van der Waals surface area contributed by atoms with Crippen LogP contribution in [0, 0.1) is 16.7 Å². The van der Waals surface area contributed by atoms with Gasteiger partial charge in [0.1, 0.15) is 5.41 Å². The fourth-order valence-electron chi connectivity index (χ4n) is 2.47. The average molecular weight is 246 g/mol. The van der Waals surface area contributed by atoms with E-state index in [0.29, 0.717) is 13.2 Å². The van der Waals surface area contributed by atoms with Crippen LogP contribution in [-0.2, 0) is 4.74 Å². The number of hydrogen-bond donors (Lipinski definition) is 1. The second kappa shape index (κ2) is 4.16. The summed E-state index contributed by atoms with van der Waals surface area (Å²) in [6.07, 6.45) is 0. The van der Waals surface area contributed by atoms with E-state index in [1.54, 1.807) is 0 Å². The Morgan fingerprint density at radius 1 is 1.33 bits per heavy atom. The summed E-state index contributed by atoms with van der Waals surface area (Å²) in [5, 5.41) is 12.6. The second-order valence-corrected chi connectivity index (χ2v) is 4.60. The fraction of sp³-hybridized carbons (Fsp3) is 0.462. The molecule has 1 saturated heterocycles. The highest BCUT2D eigenvalue weighted by Crippen LogP contribution is 2.42. The molecule has 0 saturated carbocycles. The van der Waals surface area contributed by atoms with Crippen LogP contribution < -0.4 is 14.8 Å².